The summed E-state index contributed by atoms with van der Waals surface area (Å²) in [4.78, 5) is 21.4. The second-order valence-corrected chi connectivity index (χ2v) is 3.18. The van der Waals surface area contributed by atoms with Gasteiger partial charge in [-0.25, -0.2) is 0 Å². The van der Waals surface area contributed by atoms with Crippen LogP contribution in [0.25, 0.3) is 6.08 Å². The highest BCUT2D eigenvalue weighted by Gasteiger charge is 1.98. The number of rotatable bonds is 5. The molecule has 0 aliphatic rings. The smallest absolute Gasteiger partial charge is 0.305 e. The molecular formula is C12H13NO3. The van der Waals surface area contributed by atoms with E-state index in [0.717, 1.165) is 5.56 Å². The molecule has 0 saturated heterocycles. The van der Waals surface area contributed by atoms with Crippen LogP contribution in [-0.2, 0) is 9.59 Å². The molecule has 0 fully saturated rings. The number of carboxylic acids is 1. The molecule has 4 nitrogen and oxygen atoms in total. The molecule has 0 atom stereocenters. The van der Waals surface area contributed by atoms with E-state index in [1.54, 1.807) is 6.08 Å². The Morgan fingerprint density at radius 1 is 1.25 bits per heavy atom. The first-order chi connectivity index (χ1) is 7.68. The Hall–Kier alpha value is -2.10. The van der Waals surface area contributed by atoms with Gasteiger partial charge in [0, 0.05) is 12.6 Å². The standard InChI is InChI=1S/C12H13NO3/c14-11(13-9-8-12(15)16)7-6-10-4-2-1-3-5-10/h1-7H,8-9H2,(H,13,14)(H,15,16)/b7-6+. The quantitative estimate of drug-likeness (QED) is 0.733. The van der Waals surface area contributed by atoms with Crippen molar-refractivity contribution in [3.05, 3.63) is 42.0 Å². The first kappa shape index (κ1) is 12.0. The summed E-state index contributed by atoms with van der Waals surface area (Å²) in [6, 6.07) is 9.40. The zero-order valence-corrected chi connectivity index (χ0v) is 8.72. The number of carbonyl (C=O) groups is 2. The molecule has 4 heteroatoms. The van der Waals surface area contributed by atoms with Gasteiger partial charge in [-0.1, -0.05) is 30.3 Å². The second-order valence-electron chi connectivity index (χ2n) is 3.18. The molecule has 0 unspecified atom stereocenters. The summed E-state index contributed by atoms with van der Waals surface area (Å²) in [5.41, 5.74) is 0.927. The van der Waals surface area contributed by atoms with Gasteiger partial charge in [-0.2, -0.15) is 0 Å². The maximum Gasteiger partial charge on any atom is 0.305 e. The molecule has 0 radical (unpaired) electrons. The maximum atomic E-state index is 11.2. The highest BCUT2D eigenvalue weighted by Crippen LogP contribution is 2.00. The third-order valence-corrected chi connectivity index (χ3v) is 1.86. The van der Waals surface area contributed by atoms with Crippen LogP contribution in [0.3, 0.4) is 0 Å². The summed E-state index contributed by atoms with van der Waals surface area (Å²) in [5, 5.41) is 10.8. The number of hydrogen-bond acceptors (Lipinski definition) is 2. The second kappa shape index (κ2) is 6.40. The van der Waals surface area contributed by atoms with Crippen LogP contribution in [0.2, 0.25) is 0 Å². The largest absolute Gasteiger partial charge is 0.481 e. The number of carboxylic acid groups (broad SMARTS) is 1. The summed E-state index contributed by atoms with van der Waals surface area (Å²) in [6.07, 6.45) is 3.00. The number of benzene rings is 1. The lowest BCUT2D eigenvalue weighted by molar-refractivity contribution is -0.136. The average molecular weight is 219 g/mol. The van der Waals surface area contributed by atoms with Crippen molar-refractivity contribution >= 4 is 18.0 Å². The van der Waals surface area contributed by atoms with Gasteiger partial charge in [-0.05, 0) is 11.6 Å². The fourth-order valence-corrected chi connectivity index (χ4v) is 1.09. The fourth-order valence-electron chi connectivity index (χ4n) is 1.09. The van der Waals surface area contributed by atoms with Crippen molar-refractivity contribution in [2.24, 2.45) is 0 Å². The van der Waals surface area contributed by atoms with Gasteiger partial charge >= 0.3 is 5.97 Å². The number of aliphatic carboxylic acids is 1. The van der Waals surface area contributed by atoms with Crippen LogP contribution in [0, 0.1) is 0 Å². The molecule has 0 bridgehead atoms. The van der Waals surface area contributed by atoms with Crippen LogP contribution in [0.1, 0.15) is 12.0 Å². The molecule has 84 valence electrons. The van der Waals surface area contributed by atoms with Crippen molar-refractivity contribution in [2.75, 3.05) is 6.54 Å². The minimum Gasteiger partial charge on any atom is -0.481 e. The zero-order valence-electron chi connectivity index (χ0n) is 8.72. The third kappa shape index (κ3) is 4.95. The van der Waals surface area contributed by atoms with Gasteiger partial charge in [-0.3, -0.25) is 9.59 Å². The minimum absolute atomic E-state index is 0.0646. The molecule has 2 N–H and O–H groups in total. The van der Waals surface area contributed by atoms with Crippen molar-refractivity contribution < 1.29 is 14.7 Å². The third-order valence-electron chi connectivity index (χ3n) is 1.86. The molecule has 1 aromatic rings. The molecule has 16 heavy (non-hydrogen) atoms. The Labute approximate surface area is 93.6 Å². The van der Waals surface area contributed by atoms with E-state index in [2.05, 4.69) is 5.32 Å². The van der Waals surface area contributed by atoms with Crippen molar-refractivity contribution in [2.45, 2.75) is 6.42 Å². The summed E-state index contributed by atoms with van der Waals surface area (Å²) < 4.78 is 0. The lowest BCUT2D eigenvalue weighted by Crippen LogP contribution is -2.23. The van der Waals surface area contributed by atoms with E-state index in [1.165, 1.54) is 6.08 Å². The Bertz CT molecular complexity index is 385. The fraction of sp³-hybridized carbons (Fsp3) is 0.167. The van der Waals surface area contributed by atoms with Crippen LogP contribution < -0.4 is 5.32 Å². The van der Waals surface area contributed by atoms with Gasteiger partial charge in [0.15, 0.2) is 0 Å². The topological polar surface area (TPSA) is 66.4 Å². The van der Waals surface area contributed by atoms with Gasteiger partial charge < -0.3 is 10.4 Å². The Kier molecular flexibility index (Phi) is 4.79. The maximum absolute atomic E-state index is 11.2. The molecule has 0 saturated carbocycles. The normalized spacial score (nSPS) is 10.2. The van der Waals surface area contributed by atoms with Crippen LogP contribution >= 0.6 is 0 Å². The predicted octanol–water partition coefficient (Wildman–Crippen LogP) is 1.29. The number of amides is 1. The highest BCUT2D eigenvalue weighted by atomic mass is 16.4. The zero-order chi connectivity index (χ0) is 11.8. The molecular weight excluding hydrogens is 206 g/mol. The van der Waals surface area contributed by atoms with E-state index in [0.29, 0.717) is 0 Å². The Morgan fingerprint density at radius 2 is 1.94 bits per heavy atom. The average Bonchev–Trinajstić information content (AvgIpc) is 2.27. The van der Waals surface area contributed by atoms with Crippen molar-refractivity contribution in [3.8, 4) is 0 Å². The molecule has 0 aliphatic heterocycles. The van der Waals surface area contributed by atoms with Crippen LogP contribution in [0.4, 0.5) is 0 Å². The van der Waals surface area contributed by atoms with E-state index in [9.17, 15) is 9.59 Å². The monoisotopic (exact) mass is 219 g/mol. The Balaban J connectivity index is 2.34. The molecule has 1 amide bonds. The van der Waals surface area contributed by atoms with E-state index in [-0.39, 0.29) is 18.9 Å². The van der Waals surface area contributed by atoms with E-state index in [4.69, 9.17) is 5.11 Å². The van der Waals surface area contributed by atoms with Crippen molar-refractivity contribution in [1.29, 1.82) is 0 Å². The van der Waals surface area contributed by atoms with Crippen LogP contribution in [0.15, 0.2) is 36.4 Å². The van der Waals surface area contributed by atoms with Gasteiger partial charge in [0.2, 0.25) is 5.91 Å². The lowest BCUT2D eigenvalue weighted by Gasteiger charge is -1.98. The number of nitrogens with one attached hydrogen (secondary N) is 1. The van der Waals surface area contributed by atoms with Crippen molar-refractivity contribution in [3.63, 3.8) is 0 Å². The van der Waals surface area contributed by atoms with Gasteiger partial charge in [0.25, 0.3) is 0 Å². The minimum atomic E-state index is -0.924. The molecule has 1 aromatic carbocycles. The van der Waals surface area contributed by atoms with E-state index in [1.807, 2.05) is 30.3 Å². The highest BCUT2D eigenvalue weighted by molar-refractivity contribution is 5.91. The molecule has 0 aromatic heterocycles. The van der Waals surface area contributed by atoms with Crippen LogP contribution in [-0.4, -0.2) is 23.5 Å². The predicted molar refractivity (Wildman–Crippen MR) is 60.7 cm³/mol. The summed E-state index contributed by atoms with van der Waals surface area (Å²) in [6.45, 7) is 0.146. The van der Waals surface area contributed by atoms with E-state index < -0.39 is 5.97 Å². The van der Waals surface area contributed by atoms with Crippen LogP contribution in [0.5, 0.6) is 0 Å². The van der Waals surface area contributed by atoms with E-state index >= 15 is 0 Å². The summed E-state index contributed by atoms with van der Waals surface area (Å²) in [5.74, 6) is -1.21. The van der Waals surface area contributed by atoms with Crippen molar-refractivity contribution in [1.82, 2.24) is 5.32 Å². The summed E-state index contributed by atoms with van der Waals surface area (Å²) in [7, 11) is 0. The number of carbonyl (C=O) groups excluding carboxylic acids is 1. The van der Waals surface area contributed by atoms with Gasteiger partial charge in [-0.15, -0.1) is 0 Å². The molecule has 0 heterocycles. The van der Waals surface area contributed by atoms with Gasteiger partial charge in [0.05, 0.1) is 6.42 Å². The summed E-state index contributed by atoms with van der Waals surface area (Å²) >= 11 is 0. The molecule has 0 aliphatic carbocycles. The lowest BCUT2D eigenvalue weighted by atomic mass is 10.2. The van der Waals surface area contributed by atoms with Gasteiger partial charge in [0.1, 0.15) is 0 Å². The first-order valence-electron chi connectivity index (χ1n) is 4.91. The number of hydrogen-bond donors (Lipinski definition) is 2. The Morgan fingerprint density at radius 3 is 2.56 bits per heavy atom. The molecule has 0 spiro atoms. The molecule has 1 rings (SSSR count). The SMILES string of the molecule is O=C(O)CCNC(=O)/C=C/c1ccccc1. The first-order valence-corrected chi connectivity index (χ1v) is 4.91.